The Morgan fingerprint density at radius 2 is 1.70 bits per heavy atom. The summed E-state index contributed by atoms with van der Waals surface area (Å²) in [5, 5.41) is 7.31. The molecule has 0 spiro atoms. The molecular weight excluding hydrogens is 390 g/mol. The average Bonchev–Trinajstić information content (AvgIpc) is 3.16. The topological polar surface area (TPSA) is 50.4 Å². The van der Waals surface area contributed by atoms with Crippen LogP contribution in [0.3, 0.4) is 0 Å². The van der Waals surface area contributed by atoms with Gasteiger partial charge in [-0.15, -0.1) is 0 Å². The lowest BCUT2D eigenvalue weighted by atomic mass is 10.1. The fourth-order valence-corrected chi connectivity index (χ4v) is 4.41. The third-order valence-corrected chi connectivity index (χ3v) is 6.02. The maximum absolute atomic E-state index is 6.31. The summed E-state index contributed by atoms with van der Waals surface area (Å²) in [7, 11) is 0. The van der Waals surface area contributed by atoms with Crippen molar-refractivity contribution in [1.29, 1.82) is 0 Å². The van der Waals surface area contributed by atoms with Gasteiger partial charge in [0.1, 0.15) is 11.3 Å². The van der Waals surface area contributed by atoms with Crippen molar-refractivity contribution in [1.82, 2.24) is 4.98 Å². The van der Waals surface area contributed by atoms with E-state index in [1.807, 2.05) is 24.3 Å². The van der Waals surface area contributed by atoms with Crippen molar-refractivity contribution in [3.63, 3.8) is 0 Å². The molecule has 4 nitrogen and oxygen atoms in total. The van der Waals surface area contributed by atoms with Crippen LogP contribution >= 0.6 is 11.3 Å². The minimum Gasteiger partial charge on any atom is -0.456 e. The largest absolute Gasteiger partial charge is 0.456 e. The molecule has 1 N–H and O–H groups in total. The molecule has 0 aliphatic carbocycles. The highest BCUT2D eigenvalue weighted by atomic mass is 32.1. The fourth-order valence-electron chi connectivity index (χ4n) is 3.60. The molecule has 0 bridgehead atoms. The van der Waals surface area contributed by atoms with Gasteiger partial charge in [-0.1, -0.05) is 59.4 Å². The van der Waals surface area contributed by atoms with Crippen molar-refractivity contribution >= 4 is 37.7 Å². The van der Waals surface area contributed by atoms with Gasteiger partial charge in [-0.05, 0) is 50.1 Å². The second-order valence-electron chi connectivity index (χ2n) is 7.53. The zero-order valence-electron chi connectivity index (χ0n) is 17.1. The van der Waals surface area contributed by atoms with E-state index in [0.29, 0.717) is 0 Å². The summed E-state index contributed by atoms with van der Waals surface area (Å²) in [5.41, 5.74) is 9.49. The smallest absolute Gasteiger partial charge is 0.204 e. The van der Waals surface area contributed by atoms with Crippen LogP contribution in [-0.4, -0.2) is 4.98 Å². The molecule has 0 saturated carbocycles. The molecule has 5 heteroatoms. The second kappa shape index (κ2) is 7.43. The first kappa shape index (κ1) is 18.6. The summed E-state index contributed by atoms with van der Waals surface area (Å²) in [6, 6.07) is 22.7. The minimum absolute atomic E-state index is 0.770. The van der Waals surface area contributed by atoms with E-state index in [1.54, 1.807) is 11.3 Å². The zero-order chi connectivity index (χ0) is 20.7. The van der Waals surface area contributed by atoms with E-state index < -0.39 is 0 Å². The number of benzene rings is 3. The second-order valence-corrected chi connectivity index (χ2v) is 8.56. The van der Waals surface area contributed by atoms with Crippen molar-refractivity contribution in [2.45, 2.75) is 20.8 Å². The average molecular weight is 412 g/mol. The fraction of sp³-hybridized carbons (Fsp3) is 0.120. The van der Waals surface area contributed by atoms with E-state index in [0.717, 1.165) is 48.6 Å². The molecule has 0 amide bonds. The van der Waals surface area contributed by atoms with Gasteiger partial charge in [0, 0.05) is 17.0 Å². The van der Waals surface area contributed by atoms with Crippen molar-refractivity contribution in [2.75, 3.05) is 5.43 Å². The van der Waals surface area contributed by atoms with E-state index >= 15 is 0 Å². The van der Waals surface area contributed by atoms with Gasteiger partial charge < -0.3 is 4.42 Å². The molecule has 0 aliphatic heterocycles. The van der Waals surface area contributed by atoms with Crippen LogP contribution in [0.25, 0.3) is 32.5 Å². The van der Waals surface area contributed by atoms with Crippen LogP contribution in [0, 0.1) is 20.8 Å². The first-order chi connectivity index (χ1) is 14.6. The Morgan fingerprint density at radius 3 is 2.50 bits per heavy atom. The Kier molecular flexibility index (Phi) is 4.60. The van der Waals surface area contributed by atoms with Crippen LogP contribution in [0.15, 0.2) is 76.2 Å². The molecule has 3 aromatic carbocycles. The van der Waals surface area contributed by atoms with Crippen molar-refractivity contribution in [3.8, 4) is 11.3 Å². The Hall–Kier alpha value is -3.44. The molecular formula is C25H21N3OS. The van der Waals surface area contributed by atoms with Gasteiger partial charge >= 0.3 is 0 Å². The third kappa shape index (κ3) is 3.48. The quantitative estimate of drug-likeness (QED) is 0.342. The molecule has 5 rings (SSSR count). The number of rotatable bonds is 3. The Balaban J connectivity index is 1.68. The molecule has 0 saturated heterocycles. The summed E-state index contributed by atoms with van der Waals surface area (Å²) in [6.07, 6.45) is 0. The molecule has 0 atom stereocenters. The van der Waals surface area contributed by atoms with Gasteiger partial charge in [-0.25, -0.2) is 4.98 Å². The predicted molar refractivity (Wildman–Crippen MR) is 125 cm³/mol. The number of hydrogen-bond acceptors (Lipinski definition) is 5. The summed E-state index contributed by atoms with van der Waals surface area (Å²) in [6.45, 7) is 6.24. The number of anilines is 1. The number of nitrogens with zero attached hydrogens (tertiary/aromatic N) is 2. The number of thiazole rings is 1. The lowest BCUT2D eigenvalue weighted by Crippen LogP contribution is -2.08. The summed E-state index contributed by atoms with van der Waals surface area (Å²) >= 11 is 1.59. The molecule has 0 fully saturated rings. The minimum atomic E-state index is 0.770. The van der Waals surface area contributed by atoms with Gasteiger partial charge in [0.2, 0.25) is 5.13 Å². The Morgan fingerprint density at radius 1 is 0.900 bits per heavy atom. The molecule has 30 heavy (non-hydrogen) atoms. The van der Waals surface area contributed by atoms with E-state index in [2.05, 4.69) is 73.6 Å². The maximum Gasteiger partial charge on any atom is 0.204 e. The summed E-state index contributed by atoms with van der Waals surface area (Å²) in [4.78, 5) is 4.62. The van der Waals surface area contributed by atoms with Crippen molar-refractivity contribution in [3.05, 3.63) is 88.8 Å². The van der Waals surface area contributed by atoms with Crippen molar-refractivity contribution < 1.29 is 4.42 Å². The van der Waals surface area contributed by atoms with Crippen LogP contribution in [0.1, 0.15) is 16.7 Å². The molecule has 2 heterocycles. The van der Waals surface area contributed by atoms with Crippen LogP contribution in [0.5, 0.6) is 0 Å². The lowest BCUT2D eigenvalue weighted by Gasteiger charge is -2.08. The summed E-state index contributed by atoms with van der Waals surface area (Å²) < 4.78 is 7.45. The molecule has 5 aromatic rings. The van der Waals surface area contributed by atoms with E-state index in [-0.39, 0.29) is 0 Å². The standard InChI is InChI=1S/C25H21N3OS/c1-15-8-10-18(11-9-15)22-14-21(19-13-16(2)12-17(3)24(19)29-22)27-28-25-26-20-6-4-5-7-23(20)30-25/h4-14H,1-3H3,(H,26,28)/b27-21-. The van der Waals surface area contributed by atoms with Crippen LogP contribution in [0.2, 0.25) is 0 Å². The van der Waals surface area contributed by atoms with Gasteiger partial charge in [-0.2, -0.15) is 5.10 Å². The molecule has 2 aromatic heterocycles. The molecule has 148 valence electrons. The number of aryl methyl sites for hydroxylation is 3. The third-order valence-electron chi connectivity index (χ3n) is 5.08. The van der Waals surface area contributed by atoms with Gasteiger partial charge in [0.25, 0.3) is 0 Å². The summed E-state index contributed by atoms with van der Waals surface area (Å²) in [5.74, 6) is 0.791. The number of hydrogen-bond donors (Lipinski definition) is 1. The van der Waals surface area contributed by atoms with Gasteiger partial charge in [-0.3, -0.25) is 5.43 Å². The highest BCUT2D eigenvalue weighted by Crippen LogP contribution is 2.27. The monoisotopic (exact) mass is 411 g/mol. The van der Waals surface area contributed by atoms with Gasteiger partial charge in [0.05, 0.1) is 15.6 Å². The Labute approximate surface area is 178 Å². The lowest BCUT2D eigenvalue weighted by molar-refractivity contribution is 0.615. The molecule has 0 unspecified atom stereocenters. The molecule has 0 radical (unpaired) electrons. The Bertz CT molecular complexity index is 1410. The first-order valence-corrected chi connectivity index (χ1v) is 10.7. The van der Waals surface area contributed by atoms with Crippen LogP contribution < -0.4 is 10.8 Å². The predicted octanol–water partition coefficient (Wildman–Crippen LogP) is 6.56. The number of aromatic nitrogens is 1. The van der Waals surface area contributed by atoms with Crippen molar-refractivity contribution in [2.24, 2.45) is 5.10 Å². The van der Waals surface area contributed by atoms with Gasteiger partial charge in [0.15, 0.2) is 0 Å². The van der Waals surface area contributed by atoms with Crippen LogP contribution in [-0.2, 0) is 0 Å². The normalized spacial score (nSPS) is 12.0. The maximum atomic E-state index is 6.31. The zero-order valence-corrected chi connectivity index (χ0v) is 17.9. The number of para-hydroxylation sites is 1. The highest BCUT2D eigenvalue weighted by molar-refractivity contribution is 7.22. The molecule has 0 aliphatic rings. The van der Waals surface area contributed by atoms with E-state index in [4.69, 9.17) is 9.52 Å². The number of fused-ring (bicyclic) bond motifs is 2. The number of nitrogens with one attached hydrogen (secondary N) is 1. The SMILES string of the molecule is Cc1ccc(-c2c/c(=N/Nc3nc4ccccc4s3)c3cc(C)cc(C)c3o2)cc1. The van der Waals surface area contributed by atoms with E-state index in [9.17, 15) is 0 Å². The van der Waals surface area contributed by atoms with Crippen LogP contribution in [0.4, 0.5) is 5.13 Å². The first-order valence-electron chi connectivity index (χ1n) is 9.84. The van der Waals surface area contributed by atoms with E-state index in [1.165, 1.54) is 11.1 Å². The highest BCUT2D eigenvalue weighted by Gasteiger charge is 2.10.